The van der Waals surface area contributed by atoms with Gasteiger partial charge in [-0.05, 0) is 56.4 Å². The Morgan fingerprint density at radius 3 is 2.35 bits per heavy atom. The molecule has 34 heavy (non-hydrogen) atoms. The van der Waals surface area contributed by atoms with Crippen LogP contribution >= 0.6 is 0 Å². The number of hydrogen-bond acceptors (Lipinski definition) is 4. The van der Waals surface area contributed by atoms with Gasteiger partial charge in [-0.3, -0.25) is 13.9 Å². The van der Waals surface area contributed by atoms with Crippen LogP contribution in [0, 0.1) is 13.8 Å². The predicted molar refractivity (Wildman–Crippen MR) is 137 cm³/mol. The van der Waals surface area contributed by atoms with E-state index in [4.69, 9.17) is 0 Å². The molecule has 8 heteroatoms. The smallest absolute Gasteiger partial charge is 0.242 e. The van der Waals surface area contributed by atoms with E-state index in [9.17, 15) is 18.0 Å². The van der Waals surface area contributed by atoms with Gasteiger partial charge in [0, 0.05) is 26.1 Å². The number of carbonyl (C=O) groups is 2. The van der Waals surface area contributed by atoms with E-state index in [1.165, 1.54) is 10.6 Å². The summed E-state index contributed by atoms with van der Waals surface area (Å²) in [5.41, 5.74) is 3.38. The number of hydrogen-bond donors (Lipinski definition) is 1. The number of nitrogens with zero attached hydrogens (tertiary/aromatic N) is 2. The van der Waals surface area contributed by atoms with Crippen molar-refractivity contribution >= 4 is 27.5 Å². The molecule has 0 saturated heterocycles. The Balaban J connectivity index is 2.16. The van der Waals surface area contributed by atoms with Gasteiger partial charge in [0.25, 0.3) is 0 Å². The lowest BCUT2D eigenvalue weighted by atomic mass is 10.1. The summed E-state index contributed by atoms with van der Waals surface area (Å²) in [6.07, 6.45) is 2.46. The van der Waals surface area contributed by atoms with Crippen molar-refractivity contribution in [3.05, 3.63) is 65.2 Å². The fraction of sp³-hybridized carbons (Fsp3) is 0.462. The minimum absolute atomic E-state index is 0.134. The summed E-state index contributed by atoms with van der Waals surface area (Å²) in [6, 6.07) is 14.6. The number of sulfonamides is 1. The molecule has 7 nitrogen and oxygen atoms in total. The third kappa shape index (κ3) is 7.87. The highest BCUT2D eigenvalue weighted by Gasteiger charge is 2.26. The first-order valence-corrected chi connectivity index (χ1v) is 13.6. The molecular weight excluding hydrogens is 450 g/mol. The zero-order valence-electron chi connectivity index (χ0n) is 20.9. The van der Waals surface area contributed by atoms with E-state index in [-0.39, 0.29) is 24.8 Å². The maximum absolute atomic E-state index is 13.2. The lowest BCUT2D eigenvalue weighted by molar-refractivity contribution is -0.140. The van der Waals surface area contributed by atoms with Gasteiger partial charge in [-0.2, -0.15) is 0 Å². The Morgan fingerprint density at radius 2 is 1.74 bits per heavy atom. The molecule has 0 aliphatic heterocycles. The highest BCUT2D eigenvalue weighted by Crippen LogP contribution is 2.24. The second-order valence-electron chi connectivity index (χ2n) is 8.70. The highest BCUT2D eigenvalue weighted by atomic mass is 32.2. The summed E-state index contributed by atoms with van der Waals surface area (Å²) in [5, 5.41) is 2.86. The maximum Gasteiger partial charge on any atom is 0.242 e. The summed E-state index contributed by atoms with van der Waals surface area (Å²) >= 11 is 0. The third-order valence-electron chi connectivity index (χ3n) is 5.70. The van der Waals surface area contributed by atoms with Gasteiger partial charge >= 0.3 is 0 Å². The monoisotopic (exact) mass is 487 g/mol. The quantitative estimate of drug-likeness (QED) is 0.493. The Labute approximate surface area is 204 Å². The van der Waals surface area contributed by atoms with Crippen molar-refractivity contribution in [1.29, 1.82) is 0 Å². The van der Waals surface area contributed by atoms with E-state index in [1.807, 2.05) is 69.3 Å². The Hall–Kier alpha value is -2.87. The number of nitrogens with one attached hydrogen (secondary N) is 1. The van der Waals surface area contributed by atoms with Crippen molar-refractivity contribution in [3.63, 3.8) is 0 Å². The molecule has 1 atom stereocenters. The minimum Gasteiger partial charge on any atom is -0.354 e. The van der Waals surface area contributed by atoms with Crippen molar-refractivity contribution in [1.82, 2.24) is 10.2 Å². The normalized spacial score (nSPS) is 12.1. The van der Waals surface area contributed by atoms with Crippen LogP contribution in [-0.4, -0.2) is 50.5 Å². The number of amides is 2. The molecule has 2 amide bonds. The maximum atomic E-state index is 13.2. The molecule has 0 aliphatic carbocycles. The van der Waals surface area contributed by atoms with E-state index in [2.05, 4.69) is 5.32 Å². The summed E-state index contributed by atoms with van der Waals surface area (Å²) < 4.78 is 26.4. The number of aryl methyl sites for hydroxylation is 2. The van der Waals surface area contributed by atoms with Gasteiger partial charge in [0.2, 0.25) is 21.8 Å². The van der Waals surface area contributed by atoms with E-state index < -0.39 is 16.1 Å². The molecule has 2 rings (SSSR count). The minimum atomic E-state index is -3.52. The fourth-order valence-electron chi connectivity index (χ4n) is 3.73. The lowest BCUT2D eigenvalue weighted by Crippen LogP contribution is -2.47. The first-order chi connectivity index (χ1) is 16.0. The molecule has 0 heterocycles. The molecule has 0 aromatic heterocycles. The molecule has 1 N–H and O–H groups in total. The van der Waals surface area contributed by atoms with Crippen LogP contribution in [0.15, 0.2) is 48.5 Å². The molecule has 0 fully saturated rings. The lowest BCUT2D eigenvalue weighted by Gasteiger charge is -2.29. The number of carbonyl (C=O) groups excluding carboxylic acids is 2. The van der Waals surface area contributed by atoms with Gasteiger partial charge in [-0.15, -0.1) is 0 Å². The molecular formula is C26H37N3O4S. The molecule has 0 spiro atoms. The molecule has 0 bridgehead atoms. The van der Waals surface area contributed by atoms with Gasteiger partial charge < -0.3 is 10.2 Å². The van der Waals surface area contributed by atoms with Crippen LogP contribution in [0.5, 0.6) is 0 Å². The molecule has 2 aromatic rings. The van der Waals surface area contributed by atoms with E-state index in [0.717, 1.165) is 23.1 Å². The molecule has 0 radical (unpaired) electrons. The van der Waals surface area contributed by atoms with Gasteiger partial charge in [0.05, 0.1) is 11.9 Å². The molecule has 0 saturated carbocycles. The van der Waals surface area contributed by atoms with Crippen LogP contribution in [0.3, 0.4) is 0 Å². The first kappa shape index (κ1) is 27.4. The molecule has 0 unspecified atom stereocenters. The number of benzene rings is 2. The average molecular weight is 488 g/mol. The zero-order valence-corrected chi connectivity index (χ0v) is 21.7. The SMILES string of the molecule is CCCNC(=O)[C@@H](C)N(Cc1ccccc1)C(=O)CCCN(c1cc(C)ccc1C)S(C)(=O)=O. The van der Waals surface area contributed by atoms with Crippen molar-refractivity contribution in [3.8, 4) is 0 Å². The molecule has 186 valence electrons. The van der Waals surface area contributed by atoms with Crippen LogP contribution in [0.2, 0.25) is 0 Å². The average Bonchev–Trinajstić information content (AvgIpc) is 2.79. The topological polar surface area (TPSA) is 86.8 Å². The van der Waals surface area contributed by atoms with E-state index in [0.29, 0.717) is 25.2 Å². The standard InChI is InChI=1S/C26H37N3O4S/c1-6-16-27-26(31)22(4)28(19-23-11-8-7-9-12-23)25(30)13-10-17-29(34(5,32)33)24-18-20(2)14-15-21(24)3/h7-9,11-12,14-15,18,22H,6,10,13,16-17,19H2,1-5H3,(H,27,31)/t22-/m1/s1. The number of anilines is 1. The van der Waals surface area contributed by atoms with Gasteiger partial charge in [-0.25, -0.2) is 8.42 Å². The Kier molecular flexibility index (Phi) is 10.1. The highest BCUT2D eigenvalue weighted by molar-refractivity contribution is 7.92. The Morgan fingerprint density at radius 1 is 1.06 bits per heavy atom. The fourth-order valence-corrected chi connectivity index (χ4v) is 4.74. The largest absolute Gasteiger partial charge is 0.354 e. The first-order valence-electron chi connectivity index (χ1n) is 11.7. The second kappa shape index (κ2) is 12.6. The summed E-state index contributed by atoms with van der Waals surface area (Å²) in [6.45, 7) is 8.54. The molecule has 2 aromatic carbocycles. The van der Waals surface area contributed by atoms with Gasteiger partial charge in [0.1, 0.15) is 6.04 Å². The van der Waals surface area contributed by atoms with Crippen LogP contribution < -0.4 is 9.62 Å². The predicted octanol–water partition coefficient (Wildman–Crippen LogP) is 3.79. The van der Waals surface area contributed by atoms with Gasteiger partial charge in [0.15, 0.2) is 0 Å². The van der Waals surface area contributed by atoms with Crippen molar-refractivity contribution in [2.24, 2.45) is 0 Å². The Bertz CT molecular complexity index is 1070. The van der Waals surface area contributed by atoms with Crippen LogP contribution in [-0.2, 0) is 26.2 Å². The second-order valence-corrected chi connectivity index (χ2v) is 10.6. The summed E-state index contributed by atoms with van der Waals surface area (Å²) in [5.74, 6) is -0.378. The van der Waals surface area contributed by atoms with E-state index >= 15 is 0 Å². The number of rotatable bonds is 12. The van der Waals surface area contributed by atoms with Crippen LogP contribution in [0.1, 0.15) is 49.8 Å². The van der Waals surface area contributed by atoms with E-state index in [1.54, 1.807) is 11.8 Å². The van der Waals surface area contributed by atoms with Crippen molar-refractivity contribution in [2.75, 3.05) is 23.7 Å². The zero-order chi connectivity index (χ0) is 25.3. The van der Waals surface area contributed by atoms with Crippen LogP contribution in [0.25, 0.3) is 0 Å². The van der Waals surface area contributed by atoms with Crippen molar-refractivity contribution in [2.45, 2.75) is 59.5 Å². The van der Waals surface area contributed by atoms with Gasteiger partial charge in [-0.1, -0.05) is 49.4 Å². The third-order valence-corrected chi connectivity index (χ3v) is 6.88. The van der Waals surface area contributed by atoms with Crippen LogP contribution in [0.4, 0.5) is 5.69 Å². The van der Waals surface area contributed by atoms with Crippen molar-refractivity contribution < 1.29 is 18.0 Å². The molecule has 0 aliphatic rings. The summed E-state index contributed by atoms with van der Waals surface area (Å²) in [7, 11) is -3.52. The summed E-state index contributed by atoms with van der Waals surface area (Å²) in [4.78, 5) is 27.4.